The summed E-state index contributed by atoms with van der Waals surface area (Å²) >= 11 is 0. The molecule has 3 aromatic rings. The van der Waals surface area contributed by atoms with Crippen LogP contribution in [0.15, 0.2) is 84.9 Å². The third-order valence-corrected chi connectivity index (χ3v) is 4.29. The zero-order valence-electron chi connectivity index (χ0n) is 14.5. The molecule has 0 fully saturated rings. The number of aromatic carboxylic acids is 2. The van der Waals surface area contributed by atoms with Crippen LogP contribution >= 0.6 is 0 Å². The third kappa shape index (κ3) is 4.12. The second-order valence-corrected chi connectivity index (χ2v) is 6.00. The molecule has 0 amide bonds. The Balaban J connectivity index is 2.07. The first kappa shape index (κ1) is 18.1. The van der Waals surface area contributed by atoms with Crippen LogP contribution in [0.2, 0.25) is 0 Å². The number of rotatable bonds is 6. The van der Waals surface area contributed by atoms with E-state index in [2.05, 4.69) is 0 Å². The number of carbonyl (C=O) groups is 2. The Hall–Kier alpha value is -3.66. The largest absolute Gasteiger partial charge is 0.478 e. The van der Waals surface area contributed by atoms with E-state index >= 15 is 0 Å². The molecular weight excluding hydrogens is 340 g/mol. The van der Waals surface area contributed by atoms with E-state index in [1.807, 2.05) is 66.7 Å². The van der Waals surface area contributed by atoms with Crippen LogP contribution < -0.4 is 0 Å². The van der Waals surface area contributed by atoms with E-state index in [-0.39, 0.29) is 11.1 Å². The highest BCUT2D eigenvalue weighted by Gasteiger charge is 2.19. The molecule has 0 radical (unpaired) electrons. The molecular formula is C23H18O4. The molecule has 0 saturated heterocycles. The highest BCUT2D eigenvalue weighted by Crippen LogP contribution is 2.25. The molecule has 2 N–H and O–H groups in total. The Morgan fingerprint density at radius 2 is 1.26 bits per heavy atom. The van der Waals surface area contributed by atoms with Gasteiger partial charge in [0.25, 0.3) is 0 Å². The van der Waals surface area contributed by atoms with Gasteiger partial charge in [-0.25, -0.2) is 9.59 Å². The summed E-state index contributed by atoms with van der Waals surface area (Å²) < 4.78 is 0. The van der Waals surface area contributed by atoms with Crippen molar-refractivity contribution in [2.24, 2.45) is 0 Å². The van der Waals surface area contributed by atoms with Crippen molar-refractivity contribution >= 4 is 17.5 Å². The van der Waals surface area contributed by atoms with Crippen molar-refractivity contribution in [3.8, 4) is 0 Å². The van der Waals surface area contributed by atoms with Gasteiger partial charge in [-0.1, -0.05) is 78.9 Å². The number of allylic oxidation sites excluding steroid dienone is 1. The first-order valence-corrected chi connectivity index (χ1v) is 8.47. The molecule has 0 aromatic heterocycles. The predicted molar refractivity (Wildman–Crippen MR) is 104 cm³/mol. The molecule has 0 unspecified atom stereocenters. The minimum Gasteiger partial charge on any atom is -0.478 e. The molecule has 3 aromatic carbocycles. The van der Waals surface area contributed by atoms with Crippen molar-refractivity contribution in [1.29, 1.82) is 0 Å². The van der Waals surface area contributed by atoms with Crippen molar-refractivity contribution in [3.63, 3.8) is 0 Å². The molecule has 0 aliphatic carbocycles. The number of hydrogen-bond acceptors (Lipinski definition) is 2. The molecule has 0 aliphatic heterocycles. The molecule has 0 atom stereocenters. The van der Waals surface area contributed by atoms with Crippen LogP contribution in [-0.4, -0.2) is 22.2 Å². The van der Waals surface area contributed by atoms with Gasteiger partial charge < -0.3 is 10.2 Å². The lowest BCUT2D eigenvalue weighted by molar-refractivity contribution is 0.0650. The van der Waals surface area contributed by atoms with E-state index in [4.69, 9.17) is 0 Å². The summed E-state index contributed by atoms with van der Waals surface area (Å²) in [4.78, 5) is 23.0. The maximum Gasteiger partial charge on any atom is 0.336 e. The molecule has 3 rings (SSSR count). The Kier molecular flexibility index (Phi) is 5.47. The molecule has 134 valence electrons. The molecule has 0 aliphatic rings. The summed E-state index contributed by atoms with van der Waals surface area (Å²) in [5, 5.41) is 18.8. The van der Waals surface area contributed by atoms with Gasteiger partial charge in [0.2, 0.25) is 0 Å². The van der Waals surface area contributed by atoms with Crippen molar-refractivity contribution in [2.75, 3.05) is 0 Å². The van der Waals surface area contributed by atoms with Gasteiger partial charge >= 0.3 is 11.9 Å². The van der Waals surface area contributed by atoms with Crippen molar-refractivity contribution < 1.29 is 19.8 Å². The first-order valence-electron chi connectivity index (χ1n) is 8.47. The topological polar surface area (TPSA) is 74.6 Å². The van der Waals surface area contributed by atoms with E-state index in [0.717, 1.165) is 16.7 Å². The average Bonchev–Trinajstić information content (AvgIpc) is 2.69. The Bertz CT molecular complexity index is 948. The maximum absolute atomic E-state index is 11.6. The lowest BCUT2D eigenvalue weighted by atomic mass is 9.93. The number of hydrogen-bond donors (Lipinski definition) is 2. The summed E-state index contributed by atoms with van der Waals surface area (Å²) in [5.74, 6) is -2.48. The van der Waals surface area contributed by atoms with Gasteiger partial charge in [0.05, 0.1) is 11.1 Å². The van der Waals surface area contributed by atoms with Gasteiger partial charge in [-0.2, -0.15) is 0 Å². The van der Waals surface area contributed by atoms with E-state index in [1.165, 1.54) is 6.07 Å². The predicted octanol–water partition coefficient (Wildman–Crippen LogP) is 4.76. The quantitative estimate of drug-likeness (QED) is 0.666. The molecule has 0 saturated carbocycles. The highest BCUT2D eigenvalue weighted by molar-refractivity contribution is 6.02. The second-order valence-electron chi connectivity index (χ2n) is 6.00. The van der Waals surface area contributed by atoms with Crippen LogP contribution in [0.3, 0.4) is 0 Å². The smallest absolute Gasteiger partial charge is 0.336 e. The minimum atomic E-state index is -1.25. The number of carboxylic acids is 2. The molecule has 27 heavy (non-hydrogen) atoms. The van der Waals surface area contributed by atoms with Crippen molar-refractivity contribution in [3.05, 3.63) is 113 Å². The summed E-state index contributed by atoms with van der Waals surface area (Å²) in [6, 6.07) is 24.2. The summed E-state index contributed by atoms with van der Waals surface area (Å²) in [6.07, 6.45) is 2.25. The lowest BCUT2D eigenvalue weighted by Crippen LogP contribution is -2.11. The minimum absolute atomic E-state index is 0.165. The zero-order valence-corrected chi connectivity index (χ0v) is 14.5. The fourth-order valence-electron chi connectivity index (χ4n) is 3.05. The van der Waals surface area contributed by atoms with Gasteiger partial charge in [-0.05, 0) is 34.8 Å². The maximum atomic E-state index is 11.6. The monoisotopic (exact) mass is 358 g/mol. The number of carboxylic acid groups (broad SMARTS) is 2. The Labute approximate surface area is 157 Å². The van der Waals surface area contributed by atoms with E-state index in [0.29, 0.717) is 12.0 Å². The second kappa shape index (κ2) is 8.15. The van der Waals surface area contributed by atoms with Crippen LogP contribution in [0.4, 0.5) is 0 Å². The van der Waals surface area contributed by atoms with Gasteiger partial charge in [0, 0.05) is 0 Å². The first-order chi connectivity index (χ1) is 13.1. The number of benzene rings is 3. The molecule has 0 spiro atoms. The summed E-state index contributed by atoms with van der Waals surface area (Å²) in [6.45, 7) is 0. The van der Waals surface area contributed by atoms with Crippen LogP contribution in [-0.2, 0) is 6.42 Å². The van der Waals surface area contributed by atoms with Gasteiger partial charge in [-0.3, -0.25) is 0 Å². The SMILES string of the molecule is O=C(O)c1cccc(CC=C(c2ccccc2)c2ccccc2)c1C(=O)O. The zero-order chi connectivity index (χ0) is 19.2. The standard InChI is InChI=1S/C23H18O4/c24-22(25)20-13-7-12-18(21(20)23(26)27)14-15-19(16-8-3-1-4-9-16)17-10-5-2-6-11-17/h1-13,15H,14H2,(H,24,25)(H,26,27). The highest BCUT2D eigenvalue weighted by atomic mass is 16.4. The third-order valence-electron chi connectivity index (χ3n) is 4.29. The lowest BCUT2D eigenvalue weighted by Gasteiger charge is -2.11. The summed E-state index contributed by atoms with van der Waals surface area (Å²) in [5.41, 5.74) is 3.08. The van der Waals surface area contributed by atoms with Gasteiger partial charge in [0.1, 0.15) is 0 Å². The van der Waals surface area contributed by atoms with Crippen molar-refractivity contribution in [2.45, 2.75) is 6.42 Å². The van der Waals surface area contributed by atoms with Crippen LogP contribution in [0.5, 0.6) is 0 Å². The van der Waals surface area contributed by atoms with Gasteiger partial charge in [-0.15, -0.1) is 0 Å². The van der Waals surface area contributed by atoms with Crippen LogP contribution in [0.25, 0.3) is 5.57 Å². The fourth-order valence-corrected chi connectivity index (χ4v) is 3.05. The van der Waals surface area contributed by atoms with E-state index in [9.17, 15) is 19.8 Å². The molecule has 0 bridgehead atoms. The average molecular weight is 358 g/mol. The fraction of sp³-hybridized carbons (Fsp3) is 0.0435. The summed E-state index contributed by atoms with van der Waals surface area (Å²) in [7, 11) is 0. The van der Waals surface area contributed by atoms with Crippen LogP contribution in [0, 0.1) is 0 Å². The van der Waals surface area contributed by atoms with Crippen LogP contribution in [0.1, 0.15) is 37.4 Å². The van der Waals surface area contributed by atoms with E-state index < -0.39 is 11.9 Å². The molecule has 0 heterocycles. The van der Waals surface area contributed by atoms with E-state index in [1.54, 1.807) is 12.1 Å². The Morgan fingerprint density at radius 1 is 0.704 bits per heavy atom. The molecule has 4 heteroatoms. The molecule has 4 nitrogen and oxygen atoms in total. The Morgan fingerprint density at radius 3 is 1.74 bits per heavy atom. The normalized spacial score (nSPS) is 10.2. The van der Waals surface area contributed by atoms with Gasteiger partial charge in [0.15, 0.2) is 0 Å². The van der Waals surface area contributed by atoms with Crippen molar-refractivity contribution in [1.82, 2.24) is 0 Å².